The van der Waals surface area contributed by atoms with E-state index in [0.29, 0.717) is 12.5 Å². The Balaban J connectivity index is 2.06. The topological polar surface area (TPSA) is 38.5 Å². The predicted molar refractivity (Wildman–Crippen MR) is 71.4 cm³/mol. The van der Waals surface area contributed by atoms with E-state index in [2.05, 4.69) is 43.0 Å². The minimum atomic E-state index is 0.189. The van der Waals surface area contributed by atoms with Crippen LogP contribution < -0.4 is 10.6 Å². The fourth-order valence-electron chi connectivity index (χ4n) is 2.33. The van der Waals surface area contributed by atoms with Gasteiger partial charge in [-0.05, 0) is 31.5 Å². The van der Waals surface area contributed by atoms with E-state index in [1.807, 2.05) is 0 Å². The summed E-state index contributed by atoms with van der Waals surface area (Å²) in [4.78, 5) is 2.38. The van der Waals surface area contributed by atoms with Gasteiger partial charge in [0.2, 0.25) is 0 Å². The summed E-state index contributed by atoms with van der Waals surface area (Å²) in [6.45, 7) is 7.80. The molecule has 2 unspecified atom stereocenters. The van der Waals surface area contributed by atoms with Crippen LogP contribution in [0.2, 0.25) is 0 Å². The van der Waals surface area contributed by atoms with Crippen molar-refractivity contribution in [3.05, 3.63) is 29.8 Å². The van der Waals surface area contributed by atoms with E-state index >= 15 is 0 Å². The number of rotatable bonds is 4. The lowest BCUT2D eigenvalue weighted by molar-refractivity contribution is 0.185. The number of nitrogens with zero attached hydrogens (tertiary/aromatic N) is 1. The molecule has 3 nitrogen and oxygen atoms in total. The number of hydrogen-bond acceptors (Lipinski definition) is 3. The summed E-state index contributed by atoms with van der Waals surface area (Å²) >= 11 is 0. The Morgan fingerprint density at radius 2 is 2.24 bits per heavy atom. The maximum absolute atomic E-state index is 6.04. The quantitative estimate of drug-likeness (QED) is 0.863. The maximum Gasteiger partial charge on any atom is 0.0621 e. The molecule has 17 heavy (non-hydrogen) atoms. The Hall–Kier alpha value is -1.06. The number of ether oxygens (including phenoxy) is 1. The first-order valence-corrected chi connectivity index (χ1v) is 6.35. The first-order valence-electron chi connectivity index (χ1n) is 6.35. The van der Waals surface area contributed by atoms with Gasteiger partial charge in [-0.1, -0.05) is 12.1 Å². The minimum Gasteiger partial charge on any atom is -0.379 e. The fraction of sp³-hybridized carbons (Fsp3) is 0.571. The summed E-state index contributed by atoms with van der Waals surface area (Å²) in [6.07, 6.45) is 0. The predicted octanol–water partition coefficient (Wildman–Crippen LogP) is 1.80. The van der Waals surface area contributed by atoms with Crippen LogP contribution in [0.25, 0.3) is 0 Å². The molecule has 0 aliphatic carbocycles. The molecule has 0 radical (unpaired) electrons. The van der Waals surface area contributed by atoms with Gasteiger partial charge in [-0.3, -0.25) is 0 Å². The first kappa shape index (κ1) is 12.4. The van der Waals surface area contributed by atoms with Crippen LogP contribution in [0, 0.1) is 12.8 Å². The second kappa shape index (κ2) is 5.52. The molecule has 1 aliphatic rings. The first-order chi connectivity index (χ1) is 8.20. The third-order valence-corrected chi connectivity index (χ3v) is 3.45. The molecule has 3 heteroatoms. The van der Waals surface area contributed by atoms with Gasteiger partial charge in [0.05, 0.1) is 13.2 Å². The SMILES string of the molecule is CCN(CC1COCC1N)c1cccc(C)c1. The van der Waals surface area contributed by atoms with E-state index in [9.17, 15) is 0 Å². The zero-order valence-electron chi connectivity index (χ0n) is 10.7. The summed E-state index contributed by atoms with van der Waals surface area (Å²) in [5, 5.41) is 0. The summed E-state index contributed by atoms with van der Waals surface area (Å²) in [6, 6.07) is 8.82. The van der Waals surface area contributed by atoms with Crippen LogP contribution in [0.15, 0.2) is 24.3 Å². The van der Waals surface area contributed by atoms with Gasteiger partial charge in [0, 0.05) is 30.7 Å². The van der Waals surface area contributed by atoms with Crippen LogP contribution in [0.3, 0.4) is 0 Å². The molecule has 0 saturated carbocycles. The van der Waals surface area contributed by atoms with Gasteiger partial charge in [0.1, 0.15) is 0 Å². The second-order valence-corrected chi connectivity index (χ2v) is 4.84. The summed E-state index contributed by atoms with van der Waals surface area (Å²) < 4.78 is 5.42. The highest BCUT2D eigenvalue weighted by atomic mass is 16.5. The van der Waals surface area contributed by atoms with Crippen LogP contribution in [0.4, 0.5) is 5.69 Å². The third kappa shape index (κ3) is 2.99. The number of anilines is 1. The Morgan fingerprint density at radius 3 is 2.82 bits per heavy atom. The molecule has 0 amide bonds. The lowest BCUT2D eigenvalue weighted by atomic mass is 10.0. The minimum absolute atomic E-state index is 0.189. The van der Waals surface area contributed by atoms with E-state index < -0.39 is 0 Å². The molecule has 1 aromatic carbocycles. The molecule has 2 atom stereocenters. The summed E-state index contributed by atoms with van der Waals surface area (Å²) in [5.41, 5.74) is 8.62. The third-order valence-electron chi connectivity index (χ3n) is 3.45. The molecule has 2 rings (SSSR count). The number of nitrogens with two attached hydrogens (primary N) is 1. The van der Waals surface area contributed by atoms with Gasteiger partial charge in [0.25, 0.3) is 0 Å². The standard InChI is InChI=1S/C14H22N2O/c1-3-16(8-12-9-17-10-14(12)15)13-6-4-5-11(2)7-13/h4-7,12,14H,3,8-10,15H2,1-2H3. The van der Waals surface area contributed by atoms with Crippen molar-refractivity contribution < 1.29 is 4.74 Å². The molecular formula is C14H22N2O. The van der Waals surface area contributed by atoms with Gasteiger partial charge in [-0.15, -0.1) is 0 Å². The second-order valence-electron chi connectivity index (χ2n) is 4.84. The molecule has 1 saturated heterocycles. The van der Waals surface area contributed by atoms with Gasteiger partial charge < -0.3 is 15.4 Å². The van der Waals surface area contributed by atoms with E-state index in [-0.39, 0.29) is 6.04 Å². The molecule has 94 valence electrons. The van der Waals surface area contributed by atoms with Crippen molar-refractivity contribution >= 4 is 5.69 Å². The van der Waals surface area contributed by atoms with Crippen molar-refractivity contribution in [2.24, 2.45) is 11.7 Å². The zero-order valence-corrected chi connectivity index (χ0v) is 10.7. The molecule has 1 heterocycles. The molecule has 0 aromatic heterocycles. The summed E-state index contributed by atoms with van der Waals surface area (Å²) in [5.74, 6) is 0.454. The Morgan fingerprint density at radius 1 is 1.41 bits per heavy atom. The van der Waals surface area contributed by atoms with Gasteiger partial charge in [0.15, 0.2) is 0 Å². The molecular weight excluding hydrogens is 212 g/mol. The highest BCUT2D eigenvalue weighted by Gasteiger charge is 2.26. The van der Waals surface area contributed by atoms with Crippen LogP contribution in [0.5, 0.6) is 0 Å². The Labute approximate surface area is 104 Å². The van der Waals surface area contributed by atoms with E-state index in [1.165, 1.54) is 11.3 Å². The largest absolute Gasteiger partial charge is 0.379 e. The molecule has 0 bridgehead atoms. The van der Waals surface area contributed by atoms with Crippen molar-refractivity contribution in [1.29, 1.82) is 0 Å². The van der Waals surface area contributed by atoms with Crippen molar-refractivity contribution in [2.75, 3.05) is 31.2 Å². The van der Waals surface area contributed by atoms with Crippen molar-refractivity contribution in [2.45, 2.75) is 19.9 Å². The average Bonchev–Trinajstić information content (AvgIpc) is 2.71. The normalized spacial score (nSPS) is 23.9. The molecule has 1 aliphatic heterocycles. The van der Waals surface area contributed by atoms with Crippen molar-refractivity contribution in [3.63, 3.8) is 0 Å². The number of aryl methyl sites for hydroxylation is 1. The van der Waals surface area contributed by atoms with E-state index in [4.69, 9.17) is 10.5 Å². The fourth-order valence-corrected chi connectivity index (χ4v) is 2.33. The molecule has 1 aromatic rings. The average molecular weight is 234 g/mol. The number of hydrogen-bond donors (Lipinski definition) is 1. The van der Waals surface area contributed by atoms with Crippen LogP contribution in [-0.2, 0) is 4.74 Å². The summed E-state index contributed by atoms with van der Waals surface area (Å²) in [7, 11) is 0. The van der Waals surface area contributed by atoms with E-state index in [1.54, 1.807) is 0 Å². The van der Waals surface area contributed by atoms with Gasteiger partial charge in [-0.2, -0.15) is 0 Å². The number of benzene rings is 1. The van der Waals surface area contributed by atoms with Gasteiger partial charge in [-0.25, -0.2) is 0 Å². The molecule has 1 fully saturated rings. The molecule has 0 spiro atoms. The van der Waals surface area contributed by atoms with Crippen LogP contribution in [0.1, 0.15) is 12.5 Å². The Bertz CT molecular complexity index is 367. The molecule has 2 N–H and O–H groups in total. The van der Waals surface area contributed by atoms with E-state index in [0.717, 1.165) is 19.7 Å². The van der Waals surface area contributed by atoms with Crippen LogP contribution >= 0.6 is 0 Å². The van der Waals surface area contributed by atoms with Crippen molar-refractivity contribution in [3.8, 4) is 0 Å². The monoisotopic (exact) mass is 234 g/mol. The lowest BCUT2D eigenvalue weighted by Gasteiger charge is -2.27. The van der Waals surface area contributed by atoms with Crippen LogP contribution in [-0.4, -0.2) is 32.3 Å². The van der Waals surface area contributed by atoms with Crippen molar-refractivity contribution in [1.82, 2.24) is 0 Å². The zero-order chi connectivity index (χ0) is 12.3. The maximum atomic E-state index is 6.04. The smallest absolute Gasteiger partial charge is 0.0621 e. The highest BCUT2D eigenvalue weighted by molar-refractivity contribution is 5.48. The van der Waals surface area contributed by atoms with Gasteiger partial charge >= 0.3 is 0 Å². The Kier molecular flexibility index (Phi) is 4.02. The highest BCUT2D eigenvalue weighted by Crippen LogP contribution is 2.20. The lowest BCUT2D eigenvalue weighted by Crippen LogP contribution is -2.38.